The summed E-state index contributed by atoms with van der Waals surface area (Å²) >= 11 is 0. The van der Waals surface area contributed by atoms with Crippen molar-refractivity contribution in [1.82, 2.24) is 20.5 Å². The molecule has 4 N–H and O–H groups in total. The largest absolute Gasteiger partial charge is 0.480 e. The van der Waals surface area contributed by atoms with E-state index in [0.29, 0.717) is 6.54 Å². The molecule has 0 radical (unpaired) electrons. The summed E-state index contributed by atoms with van der Waals surface area (Å²) < 4.78 is 0. The first kappa shape index (κ1) is 27.4. The number of hydrogen-bond donors (Lipinski definition) is 4. The highest BCUT2D eigenvalue weighted by Crippen LogP contribution is 2.36. The number of carboxylic acid groups (broad SMARTS) is 1. The molecule has 1 aromatic heterocycles. The van der Waals surface area contributed by atoms with E-state index in [1.165, 1.54) is 5.56 Å². The summed E-state index contributed by atoms with van der Waals surface area (Å²) in [5, 5.41) is 18.5. The lowest BCUT2D eigenvalue weighted by Crippen LogP contribution is -2.53. The molecule has 4 rings (SSSR count). The van der Waals surface area contributed by atoms with Gasteiger partial charge in [-0.05, 0) is 76.1 Å². The number of piperidine rings is 1. The molecule has 9 nitrogen and oxygen atoms in total. The van der Waals surface area contributed by atoms with Crippen molar-refractivity contribution in [3.05, 3.63) is 23.4 Å². The van der Waals surface area contributed by atoms with Crippen molar-refractivity contribution in [2.75, 3.05) is 38.0 Å². The van der Waals surface area contributed by atoms with Crippen LogP contribution in [0, 0.1) is 11.3 Å². The van der Waals surface area contributed by atoms with Gasteiger partial charge in [0.2, 0.25) is 11.8 Å². The van der Waals surface area contributed by atoms with E-state index in [2.05, 4.69) is 33.0 Å². The van der Waals surface area contributed by atoms with E-state index >= 15 is 0 Å². The number of aliphatic carboxylic acids is 1. The molecule has 0 aromatic carbocycles. The number of anilines is 1. The van der Waals surface area contributed by atoms with Gasteiger partial charge in [0.05, 0.1) is 5.92 Å². The third kappa shape index (κ3) is 7.43. The zero-order valence-corrected chi connectivity index (χ0v) is 22.2. The van der Waals surface area contributed by atoms with Crippen LogP contribution in [0.1, 0.15) is 76.0 Å². The molecule has 2 amide bonds. The number of nitrogens with one attached hydrogen (secondary N) is 3. The number of amides is 2. The van der Waals surface area contributed by atoms with Gasteiger partial charge in [0, 0.05) is 30.7 Å². The Hall–Kier alpha value is -2.68. The molecule has 204 valence electrons. The Morgan fingerprint density at radius 3 is 2.78 bits per heavy atom. The van der Waals surface area contributed by atoms with E-state index in [1.54, 1.807) is 0 Å². The van der Waals surface area contributed by atoms with Gasteiger partial charge in [-0.3, -0.25) is 9.59 Å². The Kier molecular flexibility index (Phi) is 9.40. The van der Waals surface area contributed by atoms with Gasteiger partial charge in [0.15, 0.2) is 0 Å². The third-order valence-electron chi connectivity index (χ3n) is 8.32. The first-order valence-electron chi connectivity index (χ1n) is 14.1. The predicted molar refractivity (Wildman–Crippen MR) is 142 cm³/mol. The monoisotopic (exact) mass is 513 g/mol. The first-order valence-corrected chi connectivity index (χ1v) is 14.1. The van der Waals surface area contributed by atoms with Gasteiger partial charge in [-0.15, -0.1) is 0 Å². The van der Waals surface area contributed by atoms with Crippen molar-refractivity contribution in [3.63, 3.8) is 0 Å². The van der Waals surface area contributed by atoms with Crippen LogP contribution in [0.25, 0.3) is 0 Å². The van der Waals surface area contributed by atoms with Crippen molar-refractivity contribution < 1.29 is 19.5 Å². The summed E-state index contributed by atoms with van der Waals surface area (Å²) in [4.78, 5) is 44.6. The lowest BCUT2D eigenvalue weighted by atomic mass is 9.75. The average molecular weight is 514 g/mol. The van der Waals surface area contributed by atoms with Crippen molar-refractivity contribution in [2.45, 2.75) is 83.6 Å². The molecular weight excluding hydrogens is 470 g/mol. The highest BCUT2D eigenvalue weighted by Gasteiger charge is 2.37. The van der Waals surface area contributed by atoms with Gasteiger partial charge in [0.25, 0.3) is 0 Å². The number of aryl methyl sites for hydroxylation is 2. The van der Waals surface area contributed by atoms with Crippen molar-refractivity contribution in [2.24, 2.45) is 11.3 Å². The van der Waals surface area contributed by atoms with Gasteiger partial charge >= 0.3 is 5.97 Å². The fourth-order valence-corrected chi connectivity index (χ4v) is 5.90. The summed E-state index contributed by atoms with van der Waals surface area (Å²) in [5.41, 5.74) is 1.88. The van der Waals surface area contributed by atoms with Crippen molar-refractivity contribution >= 4 is 23.6 Å². The Labute approximate surface area is 220 Å². The van der Waals surface area contributed by atoms with Gasteiger partial charge in [0.1, 0.15) is 11.9 Å². The Morgan fingerprint density at radius 2 is 2.00 bits per heavy atom. The predicted octanol–water partition coefficient (Wildman–Crippen LogP) is 2.74. The number of aromatic nitrogens is 1. The Balaban J connectivity index is 1.21. The molecule has 0 bridgehead atoms. The number of likely N-dealkylation sites (tertiary alicyclic amines) is 1. The smallest absolute Gasteiger partial charge is 0.328 e. The zero-order valence-electron chi connectivity index (χ0n) is 22.2. The minimum atomic E-state index is -1.12. The maximum atomic E-state index is 12.9. The number of nitrogens with zero attached hydrogens (tertiary/aromatic N) is 2. The van der Waals surface area contributed by atoms with E-state index in [-0.39, 0.29) is 24.3 Å². The number of carboxylic acids is 1. The lowest BCUT2D eigenvalue weighted by Gasteiger charge is -2.33. The number of fused-ring (bicyclic) bond motifs is 1. The quantitative estimate of drug-likeness (QED) is 0.379. The number of pyridine rings is 1. The second kappa shape index (κ2) is 12.7. The highest BCUT2D eigenvalue weighted by molar-refractivity contribution is 5.88. The van der Waals surface area contributed by atoms with Gasteiger partial charge in [-0.1, -0.05) is 32.3 Å². The van der Waals surface area contributed by atoms with E-state index < -0.39 is 17.4 Å². The molecule has 9 heteroatoms. The summed E-state index contributed by atoms with van der Waals surface area (Å²) in [6.45, 7) is 5.35. The molecule has 3 heterocycles. The van der Waals surface area contributed by atoms with Crippen LogP contribution in [0.15, 0.2) is 12.1 Å². The standard InChI is InChI=1S/C28H43N5O4/c1-28(13-3-2-4-14-28)27(37)32-23(26(35)36)18-30-25(34)21-9-6-16-33(19-21)17-7-10-22-12-11-20-8-5-15-29-24(20)31-22/h11-12,21,23H,2-10,13-19H2,1H3,(H,29,31)(H,30,34)(H,32,37)(H,35,36)/t21-,23+/m1/s1. The molecule has 0 unspecified atom stereocenters. The second-order valence-corrected chi connectivity index (χ2v) is 11.3. The number of rotatable bonds is 10. The molecule has 1 saturated heterocycles. The van der Waals surface area contributed by atoms with Gasteiger partial charge < -0.3 is 26.0 Å². The van der Waals surface area contributed by atoms with Gasteiger partial charge in [-0.25, -0.2) is 9.78 Å². The molecule has 0 spiro atoms. The third-order valence-corrected chi connectivity index (χ3v) is 8.32. The van der Waals surface area contributed by atoms with Crippen LogP contribution >= 0.6 is 0 Å². The molecule has 3 aliphatic rings. The first-order chi connectivity index (χ1) is 17.8. The molecule has 1 saturated carbocycles. The molecular formula is C28H43N5O4. The van der Waals surface area contributed by atoms with Crippen LogP contribution in [0.4, 0.5) is 5.82 Å². The van der Waals surface area contributed by atoms with E-state index in [1.807, 2.05) is 6.92 Å². The second-order valence-electron chi connectivity index (χ2n) is 11.3. The Bertz CT molecular complexity index is 962. The summed E-state index contributed by atoms with van der Waals surface area (Å²) in [6.07, 6.45) is 10.5. The van der Waals surface area contributed by atoms with Crippen LogP contribution < -0.4 is 16.0 Å². The molecule has 2 fully saturated rings. The number of hydrogen-bond acceptors (Lipinski definition) is 6. The van der Waals surface area contributed by atoms with Crippen molar-refractivity contribution in [3.8, 4) is 0 Å². The minimum absolute atomic E-state index is 0.0927. The molecule has 2 atom stereocenters. The topological polar surface area (TPSA) is 124 Å². The molecule has 2 aliphatic heterocycles. The lowest BCUT2D eigenvalue weighted by molar-refractivity contribution is -0.144. The van der Waals surface area contributed by atoms with Crippen LogP contribution in [-0.4, -0.2) is 71.5 Å². The average Bonchev–Trinajstić information content (AvgIpc) is 2.91. The summed E-state index contributed by atoms with van der Waals surface area (Å²) in [6, 6.07) is 3.20. The Morgan fingerprint density at radius 1 is 1.19 bits per heavy atom. The minimum Gasteiger partial charge on any atom is -0.480 e. The summed E-state index contributed by atoms with van der Waals surface area (Å²) in [7, 11) is 0. The van der Waals surface area contributed by atoms with Crippen LogP contribution in [0.3, 0.4) is 0 Å². The van der Waals surface area contributed by atoms with E-state index in [9.17, 15) is 19.5 Å². The molecule has 37 heavy (non-hydrogen) atoms. The van der Waals surface area contributed by atoms with Crippen LogP contribution in [0.2, 0.25) is 0 Å². The zero-order chi connectivity index (χ0) is 26.3. The summed E-state index contributed by atoms with van der Waals surface area (Å²) in [5.74, 6) is -0.606. The SMILES string of the molecule is CC1(C(=O)N[C@@H](CNC(=O)[C@@H]2CCCN(CCCc3ccc4c(n3)NCCC4)C2)C(=O)O)CCCCC1. The number of carbonyl (C=O) groups excluding carboxylic acids is 2. The number of carbonyl (C=O) groups is 3. The fourth-order valence-electron chi connectivity index (χ4n) is 5.90. The van der Waals surface area contributed by atoms with Crippen LogP contribution in [0.5, 0.6) is 0 Å². The van der Waals surface area contributed by atoms with Crippen LogP contribution in [-0.2, 0) is 27.2 Å². The van der Waals surface area contributed by atoms with E-state index in [0.717, 1.165) is 102 Å². The normalized spacial score (nSPS) is 22.2. The van der Waals surface area contributed by atoms with Crippen molar-refractivity contribution in [1.29, 1.82) is 0 Å². The van der Waals surface area contributed by atoms with Gasteiger partial charge in [-0.2, -0.15) is 0 Å². The maximum Gasteiger partial charge on any atom is 0.328 e. The highest BCUT2D eigenvalue weighted by atomic mass is 16.4. The fraction of sp³-hybridized carbons (Fsp3) is 0.714. The molecule has 1 aromatic rings. The van der Waals surface area contributed by atoms with E-state index in [4.69, 9.17) is 4.98 Å². The molecule has 1 aliphatic carbocycles. The maximum absolute atomic E-state index is 12.9.